The summed E-state index contributed by atoms with van der Waals surface area (Å²) in [5.41, 5.74) is 1.48. The van der Waals surface area contributed by atoms with E-state index in [0.29, 0.717) is 12.1 Å². The van der Waals surface area contributed by atoms with Gasteiger partial charge in [-0.3, -0.25) is 0 Å². The first-order chi connectivity index (χ1) is 8.40. The Morgan fingerprint density at radius 3 is 2.28 bits per heavy atom. The van der Waals surface area contributed by atoms with Gasteiger partial charge < -0.3 is 5.32 Å². The average molecular weight is 267 g/mol. The van der Waals surface area contributed by atoms with Crippen molar-refractivity contribution in [3.05, 3.63) is 21.4 Å². The molecule has 0 aliphatic heterocycles. The Morgan fingerprint density at radius 2 is 1.78 bits per heavy atom. The molecule has 0 saturated carbocycles. The van der Waals surface area contributed by atoms with Gasteiger partial charge in [0.1, 0.15) is 0 Å². The van der Waals surface area contributed by atoms with Crippen LogP contribution in [0.1, 0.15) is 68.3 Å². The molecule has 0 aromatic carbocycles. The predicted octanol–water partition coefficient (Wildman–Crippen LogP) is 5.23. The summed E-state index contributed by atoms with van der Waals surface area (Å²) < 4.78 is 0. The highest BCUT2D eigenvalue weighted by molar-refractivity contribution is 7.12. The van der Waals surface area contributed by atoms with E-state index in [1.54, 1.807) is 0 Å². The van der Waals surface area contributed by atoms with Gasteiger partial charge in [0, 0.05) is 21.8 Å². The molecule has 1 nitrogen and oxygen atoms in total. The van der Waals surface area contributed by atoms with Gasteiger partial charge in [-0.2, -0.15) is 0 Å². The molecule has 0 amide bonds. The minimum Gasteiger partial charge on any atom is -0.308 e. The predicted molar refractivity (Wildman–Crippen MR) is 83.5 cm³/mol. The van der Waals surface area contributed by atoms with Crippen LogP contribution in [0.2, 0.25) is 0 Å². The summed E-state index contributed by atoms with van der Waals surface area (Å²) in [4.78, 5) is 2.88. The fraction of sp³-hybridized carbons (Fsp3) is 0.750. The lowest BCUT2D eigenvalue weighted by molar-refractivity contribution is 0.423. The maximum Gasteiger partial charge on any atom is 0.0305 e. The molecule has 0 aliphatic rings. The standard InChI is InChI=1S/C16H29NS/c1-11(2)8-7-9-12(3)17-14(5)16-10-13(4)18-15(16)6/h10-12,14,17H,7-9H2,1-6H3. The molecule has 1 rings (SSSR count). The molecule has 1 N–H and O–H groups in total. The van der Waals surface area contributed by atoms with E-state index in [2.05, 4.69) is 52.9 Å². The number of hydrogen-bond donors (Lipinski definition) is 1. The molecule has 1 aromatic heterocycles. The Kier molecular flexibility index (Phi) is 6.37. The molecule has 0 fully saturated rings. The zero-order chi connectivity index (χ0) is 13.7. The molecule has 2 atom stereocenters. The van der Waals surface area contributed by atoms with Gasteiger partial charge in [-0.1, -0.05) is 26.7 Å². The SMILES string of the molecule is Cc1cc(C(C)NC(C)CCCC(C)C)c(C)s1. The van der Waals surface area contributed by atoms with Crippen molar-refractivity contribution in [3.63, 3.8) is 0 Å². The van der Waals surface area contributed by atoms with Gasteiger partial charge in [-0.15, -0.1) is 11.3 Å². The lowest BCUT2D eigenvalue weighted by Crippen LogP contribution is -2.29. The second-order valence-electron chi connectivity index (χ2n) is 5.98. The Bertz CT molecular complexity index is 354. The minimum atomic E-state index is 0.476. The van der Waals surface area contributed by atoms with Crippen molar-refractivity contribution in [2.24, 2.45) is 5.92 Å². The van der Waals surface area contributed by atoms with Crippen molar-refractivity contribution in [2.45, 2.75) is 72.9 Å². The number of hydrogen-bond acceptors (Lipinski definition) is 2. The summed E-state index contributed by atoms with van der Waals surface area (Å²) in [6.07, 6.45) is 3.96. The van der Waals surface area contributed by atoms with E-state index < -0.39 is 0 Å². The average Bonchev–Trinajstić information content (AvgIpc) is 2.57. The van der Waals surface area contributed by atoms with Crippen LogP contribution in [0.4, 0.5) is 0 Å². The lowest BCUT2D eigenvalue weighted by Gasteiger charge is -2.20. The molecule has 0 aliphatic carbocycles. The van der Waals surface area contributed by atoms with Crippen molar-refractivity contribution in [2.75, 3.05) is 0 Å². The summed E-state index contributed by atoms with van der Waals surface area (Å²) in [6.45, 7) is 13.6. The Hall–Kier alpha value is -0.340. The molecule has 0 bridgehead atoms. The van der Waals surface area contributed by atoms with E-state index in [9.17, 15) is 0 Å². The first-order valence-electron chi connectivity index (χ1n) is 7.23. The van der Waals surface area contributed by atoms with Gasteiger partial charge in [0.15, 0.2) is 0 Å². The number of thiophene rings is 1. The highest BCUT2D eigenvalue weighted by atomic mass is 32.1. The second kappa shape index (κ2) is 7.30. The fourth-order valence-corrected chi connectivity index (χ4v) is 3.53. The largest absolute Gasteiger partial charge is 0.308 e. The fourth-order valence-electron chi connectivity index (χ4n) is 2.51. The van der Waals surface area contributed by atoms with Gasteiger partial charge >= 0.3 is 0 Å². The molecule has 0 saturated heterocycles. The normalized spacial score (nSPS) is 15.1. The molecular formula is C16H29NS. The van der Waals surface area contributed by atoms with Crippen LogP contribution in [-0.4, -0.2) is 6.04 Å². The topological polar surface area (TPSA) is 12.0 Å². The van der Waals surface area contributed by atoms with Crippen molar-refractivity contribution < 1.29 is 0 Å². The van der Waals surface area contributed by atoms with Gasteiger partial charge in [-0.25, -0.2) is 0 Å². The van der Waals surface area contributed by atoms with Crippen molar-refractivity contribution in [3.8, 4) is 0 Å². The number of aryl methyl sites for hydroxylation is 2. The Balaban J connectivity index is 2.39. The molecule has 1 aromatic rings. The molecule has 104 valence electrons. The van der Waals surface area contributed by atoms with E-state index in [1.165, 1.54) is 34.6 Å². The van der Waals surface area contributed by atoms with Crippen molar-refractivity contribution in [1.29, 1.82) is 0 Å². The Labute approximate surface area is 117 Å². The zero-order valence-corrected chi connectivity index (χ0v) is 13.7. The van der Waals surface area contributed by atoms with Gasteiger partial charge in [-0.05, 0) is 51.7 Å². The van der Waals surface area contributed by atoms with Gasteiger partial charge in [0.25, 0.3) is 0 Å². The highest BCUT2D eigenvalue weighted by Gasteiger charge is 2.13. The van der Waals surface area contributed by atoms with Gasteiger partial charge in [0.2, 0.25) is 0 Å². The maximum atomic E-state index is 3.73. The van der Waals surface area contributed by atoms with Crippen LogP contribution in [0.3, 0.4) is 0 Å². The van der Waals surface area contributed by atoms with Crippen molar-refractivity contribution >= 4 is 11.3 Å². The molecular weight excluding hydrogens is 238 g/mol. The molecule has 0 spiro atoms. The highest BCUT2D eigenvalue weighted by Crippen LogP contribution is 2.26. The van der Waals surface area contributed by atoms with E-state index in [0.717, 1.165) is 5.92 Å². The van der Waals surface area contributed by atoms with Crippen LogP contribution >= 0.6 is 11.3 Å². The summed E-state index contributed by atoms with van der Waals surface area (Å²) in [6, 6.07) is 3.42. The van der Waals surface area contributed by atoms with Crippen LogP contribution < -0.4 is 5.32 Å². The van der Waals surface area contributed by atoms with Crippen LogP contribution in [0.5, 0.6) is 0 Å². The van der Waals surface area contributed by atoms with E-state index in [4.69, 9.17) is 0 Å². The van der Waals surface area contributed by atoms with E-state index >= 15 is 0 Å². The molecule has 0 radical (unpaired) electrons. The van der Waals surface area contributed by atoms with Crippen LogP contribution in [0, 0.1) is 19.8 Å². The third-order valence-corrected chi connectivity index (χ3v) is 4.48. The number of nitrogens with one attached hydrogen (secondary N) is 1. The Morgan fingerprint density at radius 1 is 1.11 bits per heavy atom. The molecule has 1 heterocycles. The van der Waals surface area contributed by atoms with Gasteiger partial charge in [0.05, 0.1) is 0 Å². The third-order valence-electron chi connectivity index (χ3n) is 3.50. The zero-order valence-electron chi connectivity index (χ0n) is 12.8. The van der Waals surface area contributed by atoms with Crippen LogP contribution in [0.25, 0.3) is 0 Å². The lowest BCUT2D eigenvalue weighted by atomic mass is 10.0. The monoisotopic (exact) mass is 267 g/mol. The van der Waals surface area contributed by atoms with Crippen LogP contribution in [0.15, 0.2) is 6.07 Å². The van der Waals surface area contributed by atoms with Crippen molar-refractivity contribution in [1.82, 2.24) is 5.32 Å². The summed E-state index contributed by atoms with van der Waals surface area (Å²) in [5, 5.41) is 3.73. The van der Waals surface area contributed by atoms with E-state index in [-0.39, 0.29) is 0 Å². The summed E-state index contributed by atoms with van der Waals surface area (Å²) in [5.74, 6) is 0.830. The number of rotatable bonds is 7. The molecule has 18 heavy (non-hydrogen) atoms. The van der Waals surface area contributed by atoms with Crippen LogP contribution in [-0.2, 0) is 0 Å². The minimum absolute atomic E-state index is 0.476. The molecule has 2 heteroatoms. The maximum absolute atomic E-state index is 3.73. The summed E-state index contributed by atoms with van der Waals surface area (Å²) >= 11 is 1.91. The molecule has 2 unspecified atom stereocenters. The first-order valence-corrected chi connectivity index (χ1v) is 8.04. The third kappa shape index (κ3) is 5.11. The first kappa shape index (κ1) is 15.7. The quantitative estimate of drug-likeness (QED) is 0.713. The summed E-state index contributed by atoms with van der Waals surface area (Å²) in [7, 11) is 0. The smallest absolute Gasteiger partial charge is 0.0305 e. The van der Waals surface area contributed by atoms with E-state index in [1.807, 2.05) is 11.3 Å². The second-order valence-corrected chi connectivity index (χ2v) is 7.44.